The first-order valence-corrected chi connectivity index (χ1v) is 11.0. The zero-order chi connectivity index (χ0) is 21.9. The van der Waals surface area contributed by atoms with Crippen LogP contribution in [0.5, 0.6) is 17.2 Å². The van der Waals surface area contributed by atoms with Gasteiger partial charge in [-0.15, -0.1) is 11.3 Å². The average molecular weight is 448 g/mol. The van der Waals surface area contributed by atoms with Gasteiger partial charge < -0.3 is 19.5 Å². The Balaban J connectivity index is 1.44. The maximum absolute atomic E-state index is 12.9. The van der Waals surface area contributed by atoms with Crippen molar-refractivity contribution in [1.82, 2.24) is 15.5 Å². The quantitative estimate of drug-likeness (QED) is 0.454. The number of hydrogen-bond acceptors (Lipinski definition) is 6. The number of thiophene rings is 1. The molecule has 32 heavy (non-hydrogen) atoms. The number of nitrogens with zero attached hydrogens (tertiary/aromatic N) is 1. The molecule has 1 aliphatic heterocycles. The van der Waals surface area contributed by atoms with Crippen molar-refractivity contribution in [3.8, 4) is 17.2 Å². The van der Waals surface area contributed by atoms with E-state index in [4.69, 9.17) is 14.2 Å². The smallest absolute Gasteiger partial charge is 0.255 e. The van der Waals surface area contributed by atoms with E-state index in [2.05, 4.69) is 15.5 Å². The van der Waals surface area contributed by atoms with Crippen molar-refractivity contribution in [2.24, 2.45) is 0 Å². The van der Waals surface area contributed by atoms with E-state index in [9.17, 15) is 4.79 Å². The molecule has 0 spiro atoms. The Labute approximate surface area is 188 Å². The number of hydrogen-bond donors (Lipinski definition) is 2. The minimum Gasteiger partial charge on any atom is -0.495 e. The van der Waals surface area contributed by atoms with Crippen LogP contribution in [0.25, 0.3) is 23.1 Å². The van der Waals surface area contributed by atoms with Crippen molar-refractivity contribution in [2.75, 3.05) is 20.3 Å². The van der Waals surface area contributed by atoms with Crippen molar-refractivity contribution in [3.63, 3.8) is 0 Å². The number of ether oxygens (including phenoxy) is 3. The molecule has 8 heteroatoms. The second-order valence-corrected chi connectivity index (χ2v) is 8.21. The minimum atomic E-state index is -0.194. The average Bonchev–Trinajstić information content (AvgIpc) is 3.50. The van der Waals surface area contributed by atoms with E-state index in [-0.39, 0.29) is 5.91 Å². The lowest BCUT2D eigenvalue weighted by Gasteiger charge is -2.18. The molecule has 7 nitrogen and oxygen atoms in total. The lowest BCUT2D eigenvalue weighted by atomic mass is 10.1. The minimum absolute atomic E-state index is 0.194. The lowest BCUT2D eigenvalue weighted by Crippen LogP contribution is -2.22. The van der Waals surface area contributed by atoms with Crippen LogP contribution in [0.4, 0.5) is 0 Å². The summed E-state index contributed by atoms with van der Waals surface area (Å²) in [6, 6.07) is 13.3. The van der Waals surface area contributed by atoms with E-state index in [1.165, 1.54) is 0 Å². The number of benzene rings is 2. The molecule has 0 saturated heterocycles. The SMILES string of the molecule is COc1c(C(=O)NCc2cccs2)ccc2[nH]nc(C=Cc3ccc4c(c3)OCCO4)c12. The van der Waals surface area contributed by atoms with Crippen LogP contribution in [0, 0.1) is 0 Å². The van der Waals surface area contributed by atoms with Gasteiger partial charge in [0.1, 0.15) is 19.0 Å². The number of aromatic nitrogens is 2. The van der Waals surface area contributed by atoms with Crippen LogP contribution < -0.4 is 19.5 Å². The summed E-state index contributed by atoms with van der Waals surface area (Å²) in [5.74, 6) is 1.77. The van der Waals surface area contributed by atoms with E-state index in [1.54, 1.807) is 24.5 Å². The van der Waals surface area contributed by atoms with Gasteiger partial charge in [0.05, 0.1) is 35.8 Å². The highest BCUT2D eigenvalue weighted by Gasteiger charge is 2.19. The zero-order valence-corrected chi connectivity index (χ0v) is 18.2. The predicted octanol–water partition coefficient (Wildman–Crippen LogP) is 4.50. The number of fused-ring (bicyclic) bond motifs is 2. The van der Waals surface area contributed by atoms with Crippen LogP contribution in [0.3, 0.4) is 0 Å². The Kier molecular flexibility index (Phi) is 5.51. The van der Waals surface area contributed by atoms with Crippen LogP contribution in [0.2, 0.25) is 0 Å². The Morgan fingerprint density at radius 1 is 1.19 bits per heavy atom. The first kappa shape index (κ1) is 20.1. The molecule has 1 amide bonds. The molecule has 162 valence electrons. The monoisotopic (exact) mass is 447 g/mol. The number of carbonyl (C=O) groups excluding carboxylic acids is 1. The summed E-state index contributed by atoms with van der Waals surface area (Å²) in [6.45, 7) is 1.57. The summed E-state index contributed by atoms with van der Waals surface area (Å²) in [5.41, 5.74) is 2.89. The fraction of sp³-hybridized carbons (Fsp3) is 0.167. The molecule has 0 atom stereocenters. The van der Waals surface area contributed by atoms with Crippen LogP contribution in [-0.2, 0) is 6.54 Å². The van der Waals surface area contributed by atoms with Gasteiger partial charge in [-0.2, -0.15) is 5.10 Å². The number of amides is 1. The molecule has 1 aliphatic rings. The van der Waals surface area contributed by atoms with Crippen LogP contribution in [0.15, 0.2) is 47.8 Å². The molecular formula is C24H21N3O4S. The zero-order valence-electron chi connectivity index (χ0n) is 17.4. The van der Waals surface area contributed by atoms with Gasteiger partial charge in [0.25, 0.3) is 5.91 Å². The molecule has 0 fully saturated rings. The van der Waals surface area contributed by atoms with Gasteiger partial charge in [-0.3, -0.25) is 9.89 Å². The molecule has 0 saturated carbocycles. The van der Waals surface area contributed by atoms with E-state index < -0.39 is 0 Å². The van der Waals surface area contributed by atoms with Gasteiger partial charge in [0.15, 0.2) is 11.5 Å². The number of nitrogens with one attached hydrogen (secondary N) is 2. The molecule has 0 radical (unpaired) electrons. The first-order chi connectivity index (χ1) is 15.7. The number of rotatable bonds is 6. The molecule has 3 heterocycles. The maximum Gasteiger partial charge on any atom is 0.255 e. The topological polar surface area (TPSA) is 85.5 Å². The third kappa shape index (κ3) is 3.92. The Morgan fingerprint density at radius 3 is 2.88 bits per heavy atom. The second kappa shape index (κ2) is 8.76. The van der Waals surface area contributed by atoms with E-state index in [1.807, 2.05) is 53.9 Å². The largest absolute Gasteiger partial charge is 0.495 e. The standard InChI is InChI=1S/C24H21N3O4S/c1-29-23-17(24(28)25-14-16-3-2-12-32-16)6-8-19-22(23)18(26-27-19)7-4-15-5-9-20-21(13-15)31-11-10-30-20/h2-9,12-13H,10-11,14H2,1H3,(H,25,28)(H,26,27). The summed E-state index contributed by atoms with van der Waals surface area (Å²) in [6.07, 6.45) is 3.83. The Hall–Kier alpha value is -3.78. The van der Waals surface area contributed by atoms with Crippen molar-refractivity contribution >= 4 is 40.3 Å². The number of H-pyrrole nitrogens is 1. The number of methoxy groups -OCH3 is 1. The first-order valence-electron chi connectivity index (χ1n) is 10.2. The molecule has 2 N–H and O–H groups in total. The fourth-order valence-corrected chi connectivity index (χ4v) is 4.28. The molecular weight excluding hydrogens is 426 g/mol. The normalized spacial score (nSPS) is 12.9. The summed E-state index contributed by atoms with van der Waals surface area (Å²) < 4.78 is 16.9. The van der Waals surface area contributed by atoms with Crippen LogP contribution in [0.1, 0.15) is 26.5 Å². The van der Waals surface area contributed by atoms with Crippen LogP contribution in [-0.4, -0.2) is 36.4 Å². The molecule has 5 rings (SSSR count). The van der Waals surface area contributed by atoms with Crippen molar-refractivity contribution in [3.05, 3.63) is 69.5 Å². The van der Waals surface area contributed by atoms with Gasteiger partial charge in [-0.1, -0.05) is 18.2 Å². The number of aromatic amines is 1. The highest BCUT2D eigenvalue weighted by atomic mass is 32.1. The fourth-order valence-electron chi connectivity index (χ4n) is 3.63. The highest BCUT2D eigenvalue weighted by Crippen LogP contribution is 2.34. The summed E-state index contributed by atoms with van der Waals surface area (Å²) >= 11 is 1.60. The van der Waals surface area contributed by atoms with Crippen molar-refractivity contribution in [1.29, 1.82) is 0 Å². The van der Waals surface area contributed by atoms with Crippen molar-refractivity contribution in [2.45, 2.75) is 6.54 Å². The van der Waals surface area contributed by atoms with Gasteiger partial charge in [-0.25, -0.2) is 0 Å². The third-order valence-corrected chi connectivity index (χ3v) is 6.04. The molecule has 0 aliphatic carbocycles. The summed E-state index contributed by atoms with van der Waals surface area (Å²) in [4.78, 5) is 13.9. The van der Waals surface area contributed by atoms with Gasteiger partial charge in [0, 0.05) is 4.88 Å². The van der Waals surface area contributed by atoms with E-state index in [0.29, 0.717) is 36.8 Å². The summed E-state index contributed by atoms with van der Waals surface area (Å²) in [7, 11) is 1.56. The van der Waals surface area contributed by atoms with E-state index in [0.717, 1.165) is 32.8 Å². The number of carbonyl (C=O) groups is 1. The Bertz CT molecular complexity index is 1290. The maximum atomic E-state index is 12.9. The lowest BCUT2D eigenvalue weighted by molar-refractivity contribution is 0.0948. The molecule has 0 unspecified atom stereocenters. The molecule has 2 aromatic heterocycles. The van der Waals surface area contributed by atoms with Crippen molar-refractivity contribution < 1.29 is 19.0 Å². The van der Waals surface area contributed by atoms with Crippen LogP contribution >= 0.6 is 11.3 Å². The molecule has 0 bridgehead atoms. The molecule has 4 aromatic rings. The van der Waals surface area contributed by atoms with Gasteiger partial charge in [-0.05, 0) is 47.4 Å². The van der Waals surface area contributed by atoms with Gasteiger partial charge in [0.2, 0.25) is 0 Å². The molecule has 2 aromatic carbocycles. The predicted molar refractivity (Wildman–Crippen MR) is 124 cm³/mol. The third-order valence-electron chi connectivity index (χ3n) is 5.16. The highest BCUT2D eigenvalue weighted by molar-refractivity contribution is 7.09. The summed E-state index contributed by atoms with van der Waals surface area (Å²) in [5, 5.41) is 13.1. The Morgan fingerprint density at radius 2 is 2.06 bits per heavy atom. The second-order valence-electron chi connectivity index (χ2n) is 7.18. The van der Waals surface area contributed by atoms with Gasteiger partial charge >= 0.3 is 0 Å². The van der Waals surface area contributed by atoms with E-state index >= 15 is 0 Å².